The number of carbonyl (C=O) groups is 2. The Morgan fingerprint density at radius 3 is 2.70 bits per heavy atom. The molecule has 0 aliphatic heterocycles. The Morgan fingerprint density at radius 2 is 1.97 bits per heavy atom. The number of aromatic amines is 1. The molecule has 1 amide bonds. The molecule has 2 heterocycles. The second kappa shape index (κ2) is 8.21. The molecule has 0 aliphatic carbocycles. The quantitative estimate of drug-likeness (QED) is 0.368. The molecule has 0 fully saturated rings. The molecule has 0 atom stereocenters. The molecule has 4 rings (SSSR count). The summed E-state index contributed by atoms with van der Waals surface area (Å²) in [5, 5.41) is 3.24. The number of hydrogen-bond donors (Lipinski definition) is 2. The number of amides is 1. The van der Waals surface area contributed by atoms with E-state index in [-0.39, 0.29) is 11.5 Å². The average Bonchev–Trinajstić information content (AvgIpc) is 3.10. The molecule has 0 saturated heterocycles. The van der Waals surface area contributed by atoms with Gasteiger partial charge in [-0.05, 0) is 42.4 Å². The molecule has 152 valence electrons. The number of H-pyrrole nitrogens is 1. The third-order valence-corrected chi connectivity index (χ3v) is 6.07. The van der Waals surface area contributed by atoms with E-state index in [9.17, 15) is 14.4 Å². The molecule has 0 radical (unpaired) electrons. The molecule has 2 N–H and O–H groups in total. The van der Waals surface area contributed by atoms with Crippen LogP contribution in [0, 0.1) is 3.95 Å². The molecule has 9 heteroatoms. The van der Waals surface area contributed by atoms with Crippen molar-refractivity contribution in [3.8, 4) is 0 Å². The average molecular weight is 440 g/mol. The van der Waals surface area contributed by atoms with Crippen LogP contribution in [0.15, 0.2) is 53.3 Å². The van der Waals surface area contributed by atoms with E-state index in [1.807, 2.05) is 30.3 Å². The number of carbonyl (C=O) groups excluding carboxylic acids is 2. The molecule has 2 aromatic carbocycles. The van der Waals surface area contributed by atoms with Crippen molar-refractivity contribution in [2.24, 2.45) is 0 Å². The highest BCUT2D eigenvalue weighted by atomic mass is 32.1. The van der Waals surface area contributed by atoms with Gasteiger partial charge < -0.3 is 15.0 Å². The van der Waals surface area contributed by atoms with Crippen molar-refractivity contribution in [3.63, 3.8) is 0 Å². The first kappa shape index (κ1) is 20.0. The monoisotopic (exact) mass is 439 g/mol. The normalized spacial score (nSPS) is 11.0. The maximum atomic E-state index is 12.8. The maximum Gasteiger partial charge on any atom is 0.337 e. The minimum atomic E-state index is -0.522. The molecule has 0 saturated carbocycles. The SMILES string of the molecule is COC(=O)c1ccc2c(=O)[nH]c3c(C(=O)NCCc4ccccc4)sc(=S)n3c2c1. The first-order valence-electron chi connectivity index (χ1n) is 9.11. The summed E-state index contributed by atoms with van der Waals surface area (Å²) in [5.74, 6) is -0.838. The van der Waals surface area contributed by atoms with E-state index >= 15 is 0 Å². The van der Waals surface area contributed by atoms with Gasteiger partial charge in [0.25, 0.3) is 11.5 Å². The Morgan fingerprint density at radius 1 is 1.20 bits per heavy atom. The van der Waals surface area contributed by atoms with Crippen molar-refractivity contribution in [3.05, 3.63) is 78.8 Å². The van der Waals surface area contributed by atoms with Crippen LogP contribution in [0.3, 0.4) is 0 Å². The van der Waals surface area contributed by atoms with Crippen molar-refractivity contribution < 1.29 is 14.3 Å². The molecule has 0 aliphatic rings. The fraction of sp³-hybridized carbons (Fsp3) is 0.143. The summed E-state index contributed by atoms with van der Waals surface area (Å²) in [6, 6.07) is 14.4. The summed E-state index contributed by atoms with van der Waals surface area (Å²) < 4.78 is 6.76. The third kappa shape index (κ3) is 3.64. The van der Waals surface area contributed by atoms with Gasteiger partial charge in [-0.2, -0.15) is 0 Å². The summed E-state index contributed by atoms with van der Waals surface area (Å²) >= 11 is 6.56. The van der Waals surface area contributed by atoms with Crippen LogP contribution in [0.4, 0.5) is 0 Å². The highest BCUT2D eigenvalue weighted by Gasteiger charge is 2.19. The van der Waals surface area contributed by atoms with E-state index in [0.29, 0.717) is 43.9 Å². The number of nitrogens with zero attached hydrogens (tertiary/aromatic N) is 1. The lowest BCUT2D eigenvalue weighted by Gasteiger charge is -2.06. The number of ether oxygens (including phenoxy) is 1. The van der Waals surface area contributed by atoms with E-state index in [1.165, 1.54) is 13.2 Å². The van der Waals surface area contributed by atoms with E-state index in [2.05, 4.69) is 10.3 Å². The Bertz CT molecular complexity index is 1390. The Balaban J connectivity index is 1.72. The Hall–Kier alpha value is -3.30. The number of rotatable bonds is 5. The van der Waals surface area contributed by atoms with Gasteiger partial charge in [0.1, 0.15) is 10.5 Å². The molecule has 2 aromatic heterocycles. The van der Waals surface area contributed by atoms with Gasteiger partial charge in [-0.3, -0.25) is 14.0 Å². The molecule has 0 bridgehead atoms. The number of nitrogens with one attached hydrogen (secondary N) is 2. The smallest absolute Gasteiger partial charge is 0.337 e. The number of esters is 1. The highest BCUT2D eigenvalue weighted by molar-refractivity contribution is 7.73. The lowest BCUT2D eigenvalue weighted by Crippen LogP contribution is -2.25. The second-order valence-electron chi connectivity index (χ2n) is 6.55. The van der Waals surface area contributed by atoms with Crippen molar-refractivity contribution in [1.82, 2.24) is 14.7 Å². The number of thiazole rings is 1. The van der Waals surface area contributed by atoms with Gasteiger partial charge >= 0.3 is 5.97 Å². The first-order valence-corrected chi connectivity index (χ1v) is 10.3. The summed E-state index contributed by atoms with van der Waals surface area (Å²) in [4.78, 5) is 40.3. The fourth-order valence-corrected chi connectivity index (χ4v) is 4.53. The van der Waals surface area contributed by atoms with Gasteiger partial charge in [0.2, 0.25) is 0 Å². The minimum Gasteiger partial charge on any atom is -0.465 e. The number of aromatic nitrogens is 2. The van der Waals surface area contributed by atoms with Gasteiger partial charge in [0.05, 0.1) is 23.6 Å². The zero-order valence-electron chi connectivity index (χ0n) is 15.9. The van der Waals surface area contributed by atoms with Crippen LogP contribution in [-0.4, -0.2) is 34.9 Å². The number of methoxy groups -OCH3 is 1. The van der Waals surface area contributed by atoms with E-state index in [1.54, 1.807) is 16.5 Å². The van der Waals surface area contributed by atoms with Crippen LogP contribution < -0.4 is 10.9 Å². The van der Waals surface area contributed by atoms with Crippen LogP contribution in [0.5, 0.6) is 0 Å². The lowest BCUT2D eigenvalue weighted by atomic mass is 10.1. The van der Waals surface area contributed by atoms with E-state index < -0.39 is 5.97 Å². The minimum absolute atomic E-state index is 0.291. The lowest BCUT2D eigenvalue weighted by molar-refractivity contribution is 0.0600. The van der Waals surface area contributed by atoms with Gasteiger partial charge in [0.15, 0.2) is 3.95 Å². The van der Waals surface area contributed by atoms with Gasteiger partial charge in [-0.25, -0.2) is 4.79 Å². The van der Waals surface area contributed by atoms with Crippen molar-refractivity contribution in [2.45, 2.75) is 6.42 Å². The Kier molecular flexibility index (Phi) is 5.47. The molecular formula is C21H17N3O4S2. The summed E-state index contributed by atoms with van der Waals surface area (Å²) in [6.07, 6.45) is 0.686. The zero-order valence-corrected chi connectivity index (χ0v) is 17.6. The van der Waals surface area contributed by atoms with Crippen LogP contribution in [0.25, 0.3) is 16.6 Å². The molecule has 30 heavy (non-hydrogen) atoms. The highest BCUT2D eigenvalue weighted by Crippen LogP contribution is 2.23. The van der Waals surface area contributed by atoms with Crippen LogP contribution in [-0.2, 0) is 11.2 Å². The maximum absolute atomic E-state index is 12.8. The first-order chi connectivity index (χ1) is 14.5. The molecule has 0 unspecified atom stereocenters. The summed E-state index contributed by atoms with van der Waals surface area (Å²) in [5.41, 5.74) is 1.79. The zero-order chi connectivity index (χ0) is 21.3. The van der Waals surface area contributed by atoms with Crippen molar-refractivity contribution in [1.29, 1.82) is 0 Å². The van der Waals surface area contributed by atoms with Crippen LogP contribution in [0.1, 0.15) is 25.6 Å². The predicted molar refractivity (Wildman–Crippen MR) is 118 cm³/mol. The van der Waals surface area contributed by atoms with E-state index in [4.69, 9.17) is 17.0 Å². The van der Waals surface area contributed by atoms with Crippen molar-refractivity contribution >= 4 is 52.0 Å². The summed E-state index contributed by atoms with van der Waals surface area (Å²) in [6.45, 7) is 0.448. The van der Waals surface area contributed by atoms with Gasteiger partial charge in [-0.15, -0.1) is 0 Å². The predicted octanol–water partition coefficient (Wildman–Crippen LogP) is 3.33. The topological polar surface area (TPSA) is 92.7 Å². The number of fused-ring (bicyclic) bond motifs is 3. The number of hydrogen-bond acceptors (Lipinski definition) is 6. The molecule has 0 spiro atoms. The Labute approximate surface area is 179 Å². The standard InChI is InChI=1S/C21H17N3O4S2/c1-28-20(27)13-7-8-14-15(11-13)24-17(23-18(14)25)16(30-21(24)29)19(26)22-10-9-12-5-3-2-4-6-12/h2-8,11H,9-10H2,1H3,(H,22,26)(H,23,25). The molecule has 4 aromatic rings. The van der Waals surface area contributed by atoms with Crippen molar-refractivity contribution in [2.75, 3.05) is 13.7 Å². The fourth-order valence-electron chi connectivity index (χ4n) is 3.23. The molecule has 7 nitrogen and oxygen atoms in total. The number of benzene rings is 2. The molecular weight excluding hydrogens is 422 g/mol. The van der Waals surface area contributed by atoms with E-state index in [0.717, 1.165) is 16.9 Å². The van der Waals surface area contributed by atoms with Gasteiger partial charge in [-0.1, -0.05) is 41.7 Å². The van der Waals surface area contributed by atoms with Crippen LogP contribution >= 0.6 is 23.6 Å². The van der Waals surface area contributed by atoms with Crippen LogP contribution in [0.2, 0.25) is 0 Å². The van der Waals surface area contributed by atoms with Gasteiger partial charge in [0, 0.05) is 6.54 Å². The second-order valence-corrected chi connectivity index (χ2v) is 8.19. The summed E-state index contributed by atoms with van der Waals surface area (Å²) in [7, 11) is 1.29. The largest absolute Gasteiger partial charge is 0.465 e. The third-order valence-electron chi connectivity index (χ3n) is 4.70.